The van der Waals surface area contributed by atoms with Crippen LogP contribution in [0.1, 0.15) is 42.9 Å². The second-order valence-corrected chi connectivity index (χ2v) is 9.95. The fraction of sp³-hybridized carbons (Fsp3) is 0.310. The molecule has 1 aromatic heterocycles. The number of rotatable bonds is 16. The van der Waals surface area contributed by atoms with Crippen LogP contribution in [0, 0.1) is 0 Å². The third kappa shape index (κ3) is 11.2. The summed E-state index contributed by atoms with van der Waals surface area (Å²) in [4.78, 5) is 41.5. The highest BCUT2D eigenvalue weighted by molar-refractivity contribution is 6.34. The van der Waals surface area contributed by atoms with E-state index >= 15 is 0 Å². The highest BCUT2D eigenvalue weighted by Crippen LogP contribution is 2.25. The predicted molar refractivity (Wildman–Crippen MR) is 154 cm³/mol. The van der Waals surface area contributed by atoms with Crippen molar-refractivity contribution in [3.8, 4) is 0 Å². The number of nitrogens with zero attached hydrogens (tertiary/aromatic N) is 1. The van der Waals surface area contributed by atoms with Crippen molar-refractivity contribution in [2.45, 2.75) is 44.4 Å². The zero-order valence-corrected chi connectivity index (χ0v) is 23.3. The van der Waals surface area contributed by atoms with Crippen molar-refractivity contribution in [2.24, 2.45) is 0 Å². The van der Waals surface area contributed by atoms with Crippen LogP contribution in [0.2, 0.25) is 10.0 Å². The lowest BCUT2D eigenvalue weighted by Crippen LogP contribution is -2.48. The van der Waals surface area contributed by atoms with Gasteiger partial charge in [-0.1, -0.05) is 59.6 Å². The summed E-state index contributed by atoms with van der Waals surface area (Å²) in [6.07, 6.45) is 2.92. The molecule has 3 aromatic rings. The van der Waals surface area contributed by atoms with E-state index in [1.807, 2.05) is 48.5 Å². The topological polar surface area (TPSA) is 130 Å². The number of carboxylic acids is 1. The van der Waals surface area contributed by atoms with E-state index in [0.29, 0.717) is 28.6 Å². The molecule has 0 saturated carbocycles. The first kappa shape index (κ1) is 30.9. The van der Waals surface area contributed by atoms with Gasteiger partial charge in [0.2, 0.25) is 5.91 Å². The molecule has 2 aromatic carbocycles. The molecular weight excluding hydrogens is 555 g/mol. The number of halogens is 2. The molecule has 9 nitrogen and oxygen atoms in total. The Balaban J connectivity index is 1.60. The molecule has 0 fully saturated rings. The van der Waals surface area contributed by atoms with Gasteiger partial charge in [0.1, 0.15) is 18.5 Å². The van der Waals surface area contributed by atoms with Crippen molar-refractivity contribution >= 4 is 46.9 Å². The molecule has 1 heterocycles. The van der Waals surface area contributed by atoms with Gasteiger partial charge in [0.25, 0.3) is 0 Å². The largest absolute Gasteiger partial charge is 0.481 e. The average molecular weight is 588 g/mol. The van der Waals surface area contributed by atoms with Crippen molar-refractivity contribution in [3.63, 3.8) is 0 Å². The van der Waals surface area contributed by atoms with Gasteiger partial charge in [0, 0.05) is 41.8 Å². The van der Waals surface area contributed by atoms with Crippen molar-refractivity contribution < 1.29 is 24.2 Å². The van der Waals surface area contributed by atoms with E-state index in [1.165, 1.54) is 0 Å². The number of hydrogen-bond donors (Lipinski definition) is 4. The van der Waals surface area contributed by atoms with Gasteiger partial charge in [-0.2, -0.15) is 0 Å². The number of ether oxygens (including phenoxy) is 1. The Labute approximate surface area is 243 Å². The average Bonchev–Trinajstić information content (AvgIpc) is 2.93. The maximum absolute atomic E-state index is 13.0. The maximum Gasteiger partial charge on any atom is 0.330 e. The quantitative estimate of drug-likeness (QED) is 0.136. The molecule has 11 heteroatoms. The Bertz CT molecular complexity index is 1230. The predicted octanol–water partition coefficient (Wildman–Crippen LogP) is 5.00. The molecular formula is C29H32Cl2N4O5. The summed E-state index contributed by atoms with van der Waals surface area (Å²) in [5, 5.41) is 19.1. The minimum absolute atomic E-state index is 0.0354. The van der Waals surface area contributed by atoms with Crippen LogP contribution < -0.4 is 16.0 Å². The summed E-state index contributed by atoms with van der Waals surface area (Å²) in [6, 6.07) is 17.7. The smallest absolute Gasteiger partial charge is 0.330 e. The van der Waals surface area contributed by atoms with Gasteiger partial charge in [-0.05, 0) is 54.3 Å². The lowest BCUT2D eigenvalue weighted by molar-refractivity contribution is -0.149. The number of esters is 1. The van der Waals surface area contributed by atoms with E-state index < -0.39 is 24.0 Å². The summed E-state index contributed by atoms with van der Waals surface area (Å²) in [5.41, 5.74) is 1.34. The summed E-state index contributed by atoms with van der Waals surface area (Å²) in [6.45, 7) is 0.615. The minimum atomic E-state index is -1.06. The monoisotopic (exact) mass is 586 g/mol. The number of anilines is 1. The van der Waals surface area contributed by atoms with Crippen LogP contribution in [0.4, 0.5) is 5.82 Å². The lowest BCUT2D eigenvalue weighted by Gasteiger charge is -2.23. The van der Waals surface area contributed by atoms with Crippen molar-refractivity contribution in [2.75, 3.05) is 18.4 Å². The van der Waals surface area contributed by atoms with Crippen molar-refractivity contribution in [1.29, 1.82) is 0 Å². The number of aromatic nitrogens is 1. The molecule has 0 saturated heterocycles. The molecule has 4 N–H and O–H groups in total. The SMILES string of the molecule is O=C(O)CC(NC[C@H](NC(=O)CCCCNc1ccccn1)C(=O)OCc1ccccc1)c1cc(Cl)cc(Cl)c1. The Kier molecular flexibility index (Phi) is 12.7. The molecule has 40 heavy (non-hydrogen) atoms. The Morgan fingerprint density at radius 1 is 0.950 bits per heavy atom. The first-order valence-corrected chi connectivity index (χ1v) is 13.6. The highest BCUT2D eigenvalue weighted by Gasteiger charge is 2.25. The number of hydrogen-bond acceptors (Lipinski definition) is 7. The van der Waals surface area contributed by atoms with Gasteiger partial charge in [-0.25, -0.2) is 9.78 Å². The normalized spacial score (nSPS) is 12.2. The summed E-state index contributed by atoms with van der Waals surface area (Å²) in [7, 11) is 0. The zero-order chi connectivity index (χ0) is 28.7. The van der Waals surface area contributed by atoms with E-state index in [9.17, 15) is 19.5 Å². The number of aliphatic carboxylic acids is 1. The molecule has 2 atom stereocenters. The third-order valence-electron chi connectivity index (χ3n) is 5.88. The standard InChI is InChI=1S/C29H32Cl2N4O5/c30-22-14-21(15-23(31)16-22)24(17-28(37)38)34-18-25(29(39)40-19-20-8-2-1-3-9-20)35-27(36)11-5-7-13-33-26-10-4-6-12-32-26/h1-4,6,8-10,12,14-16,24-25,34H,5,7,11,13,17-19H2,(H,32,33)(H,35,36)(H,37,38)/t24?,25-/m0/s1. The number of carboxylic acid groups (broad SMARTS) is 1. The molecule has 0 bridgehead atoms. The van der Waals surface area contributed by atoms with Crippen LogP contribution in [0.15, 0.2) is 72.9 Å². The first-order valence-electron chi connectivity index (χ1n) is 12.9. The molecule has 0 aliphatic heterocycles. The molecule has 0 spiro atoms. The van der Waals surface area contributed by atoms with Crippen molar-refractivity contribution in [3.05, 3.63) is 94.1 Å². The van der Waals surface area contributed by atoms with Gasteiger partial charge in [0.05, 0.1) is 6.42 Å². The van der Waals surface area contributed by atoms with E-state index in [-0.39, 0.29) is 31.9 Å². The fourth-order valence-corrected chi connectivity index (χ4v) is 4.45. The van der Waals surface area contributed by atoms with E-state index in [2.05, 4.69) is 20.9 Å². The number of benzene rings is 2. The summed E-state index contributed by atoms with van der Waals surface area (Å²) in [5.74, 6) is -1.25. The molecule has 1 amide bonds. The minimum Gasteiger partial charge on any atom is -0.481 e. The molecule has 0 aliphatic carbocycles. The fourth-order valence-electron chi connectivity index (χ4n) is 3.90. The van der Waals surface area contributed by atoms with E-state index in [1.54, 1.807) is 24.4 Å². The Hall–Kier alpha value is -3.66. The van der Waals surface area contributed by atoms with Gasteiger partial charge in [0.15, 0.2) is 0 Å². The van der Waals surface area contributed by atoms with Gasteiger partial charge in [-0.15, -0.1) is 0 Å². The summed E-state index contributed by atoms with van der Waals surface area (Å²) >= 11 is 12.2. The Morgan fingerprint density at radius 2 is 1.68 bits per heavy atom. The van der Waals surface area contributed by atoms with Gasteiger partial charge in [-0.3, -0.25) is 9.59 Å². The first-order chi connectivity index (χ1) is 19.3. The number of amides is 1. The van der Waals surface area contributed by atoms with E-state index in [0.717, 1.165) is 17.8 Å². The van der Waals surface area contributed by atoms with Crippen LogP contribution >= 0.6 is 23.2 Å². The molecule has 0 radical (unpaired) electrons. The third-order valence-corrected chi connectivity index (χ3v) is 6.32. The molecule has 212 valence electrons. The van der Waals surface area contributed by atoms with Crippen LogP contribution in [-0.2, 0) is 25.7 Å². The number of nitrogens with one attached hydrogen (secondary N) is 3. The highest BCUT2D eigenvalue weighted by atomic mass is 35.5. The van der Waals surface area contributed by atoms with Crippen LogP contribution in [0.5, 0.6) is 0 Å². The van der Waals surface area contributed by atoms with Crippen molar-refractivity contribution in [1.82, 2.24) is 15.6 Å². The molecule has 1 unspecified atom stereocenters. The number of pyridine rings is 1. The van der Waals surface area contributed by atoms with E-state index in [4.69, 9.17) is 27.9 Å². The number of unbranched alkanes of at least 4 members (excludes halogenated alkanes) is 1. The Morgan fingerprint density at radius 3 is 2.35 bits per heavy atom. The summed E-state index contributed by atoms with van der Waals surface area (Å²) < 4.78 is 5.47. The van der Waals surface area contributed by atoms with Gasteiger partial charge < -0.3 is 25.8 Å². The second kappa shape index (κ2) is 16.4. The lowest BCUT2D eigenvalue weighted by atomic mass is 10.0. The number of carbonyl (C=O) groups is 3. The van der Waals surface area contributed by atoms with Crippen LogP contribution in [0.25, 0.3) is 0 Å². The van der Waals surface area contributed by atoms with Crippen LogP contribution in [-0.4, -0.2) is 47.1 Å². The van der Waals surface area contributed by atoms with Crippen LogP contribution in [0.3, 0.4) is 0 Å². The zero-order valence-electron chi connectivity index (χ0n) is 21.8. The molecule has 0 aliphatic rings. The second-order valence-electron chi connectivity index (χ2n) is 9.07. The maximum atomic E-state index is 13.0. The van der Waals surface area contributed by atoms with Gasteiger partial charge >= 0.3 is 11.9 Å². The number of carbonyl (C=O) groups excluding carboxylic acids is 2. The molecule has 3 rings (SSSR count).